The highest BCUT2D eigenvalue weighted by molar-refractivity contribution is 5.26. The van der Waals surface area contributed by atoms with Crippen molar-refractivity contribution in [3.8, 4) is 0 Å². The summed E-state index contributed by atoms with van der Waals surface area (Å²) in [6.07, 6.45) is 7.74. The Balaban J connectivity index is 1.45. The Kier molecular flexibility index (Phi) is 3.31. The van der Waals surface area contributed by atoms with Gasteiger partial charge in [0, 0.05) is 6.54 Å². The normalized spacial score (nSPS) is 38.4. The Morgan fingerprint density at radius 3 is 2.10 bits per heavy atom. The van der Waals surface area contributed by atoms with Crippen LogP contribution in [0.3, 0.4) is 0 Å². The zero-order valence-corrected chi connectivity index (χ0v) is 12.1. The summed E-state index contributed by atoms with van der Waals surface area (Å²) in [7, 11) is 0. The van der Waals surface area contributed by atoms with Crippen LogP contribution in [0.5, 0.6) is 0 Å². The van der Waals surface area contributed by atoms with Crippen molar-refractivity contribution in [2.24, 2.45) is 29.4 Å². The van der Waals surface area contributed by atoms with Crippen LogP contribution in [0.4, 0.5) is 0 Å². The number of hydrogen-bond donors (Lipinski definition) is 1. The van der Waals surface area contributed by atoms with Gasteiger partial charge in [0.1, 0.15) is 0 Å². The van der Waals surface area contributed by atoms with Crippen molar-refractivity contribution < 1.29 is 4.74 Å². The van der Waals surface area contributed by atoms with E-state index in [0.717, 1.165) is 30.3 Å². The van der Waals surface area contributed by atoms with Crippen molar-refractivity contribution >= 4 is 0 Å². The summed E-state index contributed by atoms with van der Waals surface area (Å²) in [6.45, 7) is 1.36. The third-order valence-corrected chi connectivity index (χ3v) is 5.91. The third kappa shape index (κ3) is 2.19. The van der Waals surface area contributed by atoms with Gasteiger partial charge in [0.25, 0.3) is 0 Å². The zero-order valence-electron chi connectivity index (χ0n) is 12.1. The molecule has 0 heterocycles. The first-order valence-corrected chi connectivity index (χ1v) is 8.22. The van der Waals surface area contributed by atoms with E-state index in [2.05, 4.69) is 24.3 Å². The fourth-order valence-corrected chi connectivity index (χ4v) is 5.23. The molecular formula is C18H25NO. The second kappa shape index (κ2) is 5.16. The summed E-state index contributed by atoms with van der Waals surface area (Å²) in [5, 5.41) is 0. The molecule has 20 heavy (non-hydrogen) atoms. The van der Waals surface area contributed by atoms with Gasteiger partial charge in [-0.25, -0.2) is 0 Å². The lowest BCUT2D eigenvalue weighted by molar-refractivity contribution is -0.132. The lowest BCUT2D eigenvalue weighted by atomic mass is 9.55. The summed E-state index contributed by atoms with van der Waals surface area (Å²) in [5.74, 6) is 3.73. The molecule has 4 aliphatic rings. The fourth-order valence-electron chi connectivity index (χ4n) is 5.23. The van der Waals surface area contributed by atoms with Crippen LogP contribution in [0.1, 0.15) is 43.2 Å². The topological polar surface area (TPSA) is 35.2 Å². The van der Waals surface area contributed by atoms with E-state index in [4.69, 9.17) is 10.5 Å². The minimum absolute atomic E-state index is 0.522. The Labute approximate surface area is 121 Å². The lowest BCUT2D eigenvalue weighted by Gasteiger charge is -2.54. The van der Waals surface area contributed by atoms with Crippen LogP contribution in [0.2, 0.25) is 0 Å². The molecule has 0 amide bonds. The van der Waals surface area contributed by atoms with E-state index >= 15 is 0 Å². The highest BCUT2D eigenvalue weighted by atomic mass is 16.5. The molecule has 4 aliphatic carbocycles. The molecule has 108 valence electrons. The van der Waals surface area contributed by atoms with Gasteiger partial charge < -0.3 is 10.5 Å². The van der Waals surface area contributed by atoms with Crippen LogP contribution in [0, 0.1) is 23.7 Å². The molecule has 0 atom stereocenters. The fraction of sp³-hybridized carbons (Fsp3) is 0.667. The average molecular weight is 271 g/mol. The molecule has 0 saturated heterocycles. The molecule has 4 fully saturated rings. The van der Waals surface area contributed by atoms with Gasteiger partial charge in [-0.3, -0.25) is 0 Å². The molecule has 2 heteroatoms. The van der Waals surface area contributed by atoms with Gasteiger partial charge in [-0.2, -0.15) is 0 Å². The van der Waals surface area contributed by atoms with Crippen LogP contribution in [0.25, 0.3) is 0 Å². The molecule has 5 rings (SSSR count). The van der Waals surface area contributed by atoms with Crippen LogP contribution in [-0.4, -0.2) is 6.10 Å². The van der Waals surface area contributed by atoms with Gasteiger partial charge >= 0.3 is 0 Å². The third-order valence-electron chi connectivity index (χ3n) is 5.91. The second-order valence-corrected chi connectivity index (χ2v) is 7.18. The first kappa shape index (κ1) is 12.8. The quantitative estimate of drug-likeness (QED) is 0.910. The Bertz CT molecular complexity index is 456. The van der Waals surface area contributed by atoms with Gasteiger partial charge in [0.2, 0.25) is 0 Å². The molecular weight excluding hydrogens is 246 g/mol. The smallest absolute Gasteiger partial charge is 0.0724 e. The number of nitrogens with two attached hydrogens (primary N) is 1. The number of hydrogen-bond acceptors (Lipinski definition) is 2. The molecule has 1 aromatic carbocycles. The van der Waals surface area contributed by atoms with Crippen molar-refractivity contribution in [2.75, 3.05) is 0 Å². The van der Waals surface area contributed by atoms with E-state index in [1.807, 2.05) is 0 Å². The van der Waals surface area contributed by atoms with Gasteiger partial charge in [-0.1, -0.05) is 24.3 Å². The molecule has 0 aliphatic heterocycles. The molecule has 2 nitrogen and oxygen atoms in total. The highest BCUT2D eigenvalue weighted by Crippen LogP contribution is 2.54. The van der Waals surface area contributed by atoms with E-state index in [-0.39, 0.29) is 0 Å². The lowest BCUT2D eigenvalue weighted by Crippen LogP contribution is -2.49. The summed E-state index contributed by atoms with van der Waals surface area (Å²) in [5.41, 5.74) is 8.33. The van der Waals surface area contributed by atoms with Crippen LogP contribution in [-0.2, 0) is 17.9 Å². The first-order chi connectivity index (χ1) is 9.83. The zero-order chi connectivity index (χ0) is 13.5. The van der Waals surface area contributed by atoms with Crippen molar-refractivity contribution in [1.82, 2.24) is 0 Å². The summed E-state index contributed by atoms with van der Waals surface area (Å²) in [4.78, 5) is 0. The molecule has 4 saturated carbocycles. The Morgan fingerprint density at radius 1 is 0.900 bits per heavy atom. The maximum atomic E-state index is 6.39. The summed E-state index contributed by atoms with van der Waals surface area (Å²) in [6, 6.07) is 8.44. The monoisotopic (exact) mass is 271 g/mol. The molecule has 4 bridgehead atoms. The van der Waals surface area contributed by atoms with E-state index in [1.54, 1.807) is 0 Å². The van der Waals surface area contributed by atoms with Crippen molar-refractivity contribution in [2.45, 2.75) is 51.4 Å². The maximum Gasteiger partial charge on any atom is 0.0724 e. The molecule has 0 aromatic heterocycles. The molecule has 0 unspecified atom stereocenters. The predicted molar refractivity (Wildman–Crippen MR) is 80.0 cm³/mol. The van der Waals surface area contributed by atoms with Crippen molar-refractivity contribution in [1.29, 1.82) is 0 Å². The summed E-state index contributed by atoms with van der Waals surface area (Å²) < 4.78 is 6.39. The van der Waals surface area contributed by atoms with Crippen LogP contribution < -0.4 is 5.73 Å². The first-order valence-electron chi connectivity index (χ1n) is 8.22. The second-order valence-electron chi connectivity index (χ2n) is 7.18. The largest absolute Gasteiger partial charge is 0.373 e. The van der Waals surface area contributed by atoms with E-state index < -0.39 is 0 Å². The molecule has 0 radical (unpaired) electrons. The highest BCUT2D eigenvalue weighted by Gasteiger charge is 2.48. The number of rotatable bonds is 4. The Morgan fingerprint density at radius 2 is 1.50 bits per heavy atom. The Hall–Kier alpha value is -0.860. The van der Waals surface area contributed by atoms with Gasteiger partial charge in [-0.05, 0) is 66.9 Å². The molecule has 1 aromatic rings. The minimum atomic E-state index is 0.522. The summed E-state index contributed by atoms with van der Waals surface area (Å²) >= 11 is 0. The molecule has 0 spiro atoms. The number of benzene rings is 1. The maximum absolute atomic E-state index is 6.39. The SMILES string of the molecule is NCc1ccccc1COC1C2CC3CC(C2)CC1C3. The van der Waals surface area contributed by atoms with E-state index in [0.29, 0.717) is 12.6 Å². The van der Waals surface area contributed by atoms with Gasteiger partial charge in [0.15, 0.2) is 0 Å². The van der Waals surface area contributed by atoms with Crippen molar-refractivity contribution in [3.63, 3.8) is 0 Å². The van der Waals surface area contributed by atoms with E-state index in [1.165, 1.54) is 43.2 Å². The van der Waals surface area contributed by atoms with Gasteiger partial charge in [-0.15, -0.1) is 0 Å². The van der Waals surface area contributed by atoms with Gasteiger partial charge in [0.05, 0.1) is 12.7 Å². The van der Waals surface area contributed by atoms with Crippen LogP contribution in [0.15, 0.2) is 24.3 Å². The molecule has 2 N–H and O–H groups in total. The predicted octanol–water partition coefficient (Wildman–Crippen LogP) is 3.49. The number of ether oxygens (including phenoxy) is 1. The van der Waals surface area contributed by atoms with Crippen molar-refractivity contribution in [3.05, 3.63) is 35.4 Å². The standard InChI is InChI=1S/C18H25NO/c19-10-14-3-1-2-4-15(14)11-20-18-16-6-12-5-13(8-16)9-17(18)7-12/h1-4,12-13,16-18H,5-11,19H2. The minimum Gasteiger partial charge on any atom is -0.373 e. The van der Waals surface area contributed by atoms with E-state index in [9.17, 15) is 0 Å². The average Bonchev–Trinajstić information content (AvgIpc) is 2.46. The van der Waals surface area contributed by atoms with Crippen LogP contribution >= 0.6 is 0 Å².